The van der Waals surface area contributed by atoms with E-state index in [1.807, 2.05) is 6.07 Å². The van der Waals surface area contributed by atoms with Gasteiger partial charge in [-0.05, 0) is 48.8 Å². The highest BCUT2D eigenvalue weighted by Gasteiger charge is 2.43. The van der Waals surface area contributed by atoms with Crippen LogP contribution in [0.4, 0.5) is 0 Å². The second-order valence-corrected chi connectivity index (χ2v) is 11.2. The first-order chi connectivity index (χ1) is 18.3. The molecule has 2 rings (SSSR count). The number of rotatable bonds is 19. The molecular formula is C31H56Cl2N2O5. The fraction of sp³-hybridized carbons (Fsp3) is 0.774. The van der Waals surface area contributed by atoms with E-state index in [2.05, 4.69) is 50.0 Å². The number of hydrogen-bond donors (Lipinski definition) is 1. The van der Waals surface area contributed by atoms with E-state index in [9.17, 15) is 4.79 Å². The Labute approximate surface area is 256 Å². The Morgan fingerprint density at radius 2 is 1.62 bits per heavy atom. The van der Waals surface area contributed by atoms with Crippen molar-refractivity contribution < 1.29 is 23.7 Å². The Morgan fingerprint density at radius 3 is 2.25 bits per heavy atom. The molecular weight excluding hydrogens is 551 g/mol. The average molecular weight is 608 g/mol. The lowest BCUT2D eigenvalue weighted by atomic mass is 9.65. The standard InChI is InChI=1S/C31H54N2O5.2ClH/c1-25(2)31(26(3)4,30(34)32-16-17-33-18-22-37-23-19-33)15-10-8-7-9-12-27-13-14-28(36-6)29(24-27)38-21-11-20-35-5;;/h13-14,24-26H,7-12,15-23H2,1-6H3,(H,32,34);2*1H. The van der Waals surface area contributed by atoms with E-state index in [-0.39, 0.29) is 36.1 Å². The first-order valence-electron chi connectivity index (χ1n) is 14.7. The molecule has 0 aromatic heterocycles. The molecule has 1 fully saturated rings. The topological polar surface area (TPSA) is 69.3 Å². The molecule has 0 atom stereocenters. The smallest absolute Gasteiger partial charge is 0.226 e. The van der Waals surface area contributed by atoms with Crippen LogP contribution in [-0.4, -0.2) is 77.6 Å². The van der Waals surface area contributed by atoms with E-state index in [1.54, 1.807) is 14.2 Å². The van der Waals surface area contributed by atoms with Crippen LogP contribution in [0.25, 0.3) is 0 Å². The van der Waals surface area contributed by atoms with Gasteiger partial charge in [0.1, 0.15) is 0 Å². The fourth-order valence-electron chi connectivity index (χ4n) is 5.67. The number of halogens is 2. The first kappa shape index (κ1) is 38.8. The highest BCUT2D eigenvalue weighted by molar-refractivity contribution is 5.85. The van der Waals surface area contributed by atoms with Gasteiger partial charge in [-0.1, -0.05) is 53.0 Å². The van der Waals surface area contributed by atoms with Gasteiger partial charge >= 0.3 is 0 Å². The Balaban J connectivity index is 0.00000760. The van der Waals surface area contributed by atoms with Gasteiger partial charge in [0.25, 0.3) is 0 Å². The third-order valence-corrected chi connectivity index (χ3v) is 8.08. The number of methoxy groups -OCH3 is 2. The minimum atomic E-state index is -0.323. The van der Waals surface area contributed by atoms with Gasteiger partial charge in [-0.25, -0.2) is 0 Å². The summed E-state index contributed by atoms with van der Waals surface area (Å²) in [7, 11) is 3.38. The van der Waals surface area contributed by atoms with Crippen molar-refractivity contribution in [2.75, 3.05) is 66.8 Å². The molecule has 40 heavy (non-hydrogen) atoms. The molecule has 1 aromatic carbocycles. The molecule has 1 aliphatic rings. The summed E-state index contributed by atoms with van der Waals surface area (Å²) >= 11 is 0. The van der Waals surface area contributed by atoms with Gasteiger partial charge in [0.15, 0.2) is 11.5 Å². The molecule has 0 radical (unpaired) electrons. The minimum Gasteiger partial charge on any atom is -0.493 e. The molecule has 0 aliphatic carbocycles. The molecule has 0 bridgehead atoms. The van der Waals surface area contributed by atoms with Crippen molar-refractivity contribution in [3.63, 3.8) is 0 Å². The predicted octanol–water partition coefficient (Wildman–Crippen LogP) is 6.19. The molecule has 1 N–H and O–H groups in total. The summed E-state index contributed by atoms with van der Waals surface area (Å²) in [6, 6.07) is 6.23. The number of morpholine rings is 1. The van der Waals surface area contributed by atoms with E-state index >= 15 is 0 Å². The number of benzene rings is 1. The number of unbranched alkanes of at least 4 members (excludes halogenated alkanes) is 3. The molecule has 234 valence electrons. The summed E-state index contributed by atoms with van der Waals surface area (Å²) in [5.41, 5.74) is 0.946. The lowest BCUT2D eigenvalue weighted by Crippen LogP contribution is -2.50. The zero-order valence-corrected chi connectivity index (χ0v) is 27.4. The molecule has 1 heterocycles. The largest absolute Gasteiger partial charge is 0.493 e. The van der Waals surface area contributed by atoms with Crippen LogP contribution in [0, 0.1) is 17.3 Å². The van der Waals surface area contributed by atoms with Crippen LogP contribution in [-0.2, 0) is 20.7 Å². The van der Waals surface area contributed by atoms with Crippen molar-refractivity contribution in [2.45, 2.75) is 72.6 Å². The Bertz CT molecular complexity index is 796. The second kappa shape index (κ2) is 21.5. The summed E-state index contributed by atoms with van der Waals surface area (Å²) in [6.45, 7) is 15.2. The molecule has 0 unspecified atom stereocenters. The van der Waals surface area contributed by atoms with Gasteiger partial charge in [0, 0.05) is 46.3 Å². The quantitative estimate of drug-likeness (QED) is 0.189. The maximum absolute atomic E-state index is 13.5. The summed E-state index contributed by atoms with van der Waals surface area (Å²) in [4.78, 5) is 15.9. The molecule has 7 nitrogen and oxygen atoms in total. The van der Waals surface area contributed by atoms with Crippen LogP contribution in [0.3, 0.4) is 0 Å². The molecule has 1 aliphatic heterocycles. The zero-order chi connectivity index (χ0) is 27.8. The summed E-state index contributed by atoms with van der Waals surface area (Å²) < 4.78 is 21.9. The number of hydrogen-bond acceptors (Lipinski definition) is 6. The lowest BCUT2D eigenvalue weighted by molar-refractivity contribution is -0.138. The number of amides is 1. The first-order valence-corrected chi connectivity index (χ1v) is 14.7. The normalized spacial score (nSPS) is 14.0. The SMILES string of the molecule is COCCCOc1cc(CCCCCCC(C(=O)NCCN2CCOCC2)(C(C)C)C(C)C)ccc1OC.Cl.Cl. The van der Waals surface area contributed by atoms with E-state index in [4.69, 9.17) is 18.9 Å². The van der Waals surface area contributed by atoms with Crippen molar-refractivity contribution in [1.82, 2.24) is 10.2 Å². The van der Waals surface area contributed by atoms with Crippen molar-refractivity contribution >= 4 is 30.7 Å². The Hall–Kier alpha value is -1.25. The van der Waals surface area contributed by atoms with E-state index in [1.165, 1.54) is 5.56 Å². The van der Waals surface area contributed by atoms with E-state index in [0.717, 1.165) is 89.3 Å². The lowest BCUT2D eigenvalue weighted by Gasteiger charge is -2.40. The van der Waals surface area contributed by atoms with Crippen molar-refractivity contribution in [2.24, 2.45) is 17.3 Å². The molecule has 0 spiro atoms. The van der Waals surface area contributed by atoms with Gasteiger partial charge in [0.2, 0.25) is 5.91 Å². The van der Waals surface area contributed by atoms with Crippen LogP contribution >= 0.6 is 24.8 Å². The van der Waals surface area contributed by atoms with Gasteiger partial charge in [-0.3, -0.25) is 9.69 Å². The van der Waals surface area contributed by atoms with Crippen molar-refractivity contribution in [3.05, 3.63) is 23.8 Å². The maximum atomic E-state index is 13.5. The molecule has 1 amide bonds. The van der Waals surface area contributed by atoms with E-state index < -0.39 is 0 Å². The Kier molecular flexibility index (Phi) is 20.8. The average Bonchev–Trinajstić information content (AvgIpc) is 2.91. The molecule has 1 saturated heterocycles. The van der Waals surface area contributed by atoms with Gasteiger partial charge < -0.3 is 24.3 Å². The van der Waals surface area contributed by atoms with Crippen LogP contribution in [0.5, 0.6) is 11.5 Å². The molecule has 1 aromatic rings. The number of nitrogens with one attached hydrogen (secondary N) is 1. The number of carbonyl (C=O) groups excluding carboxylic acids is 1. The van der Waals surface area contributed by atoms with Crippen molar-refractivity contribution in [3.8, 4) is 11.5 Å². The third-order valence-electron chi connectivity index (χ3n) is 8.08. The van der Waals surface area contributed by atoms with Gasteiger partial charge in [-0.2, -0.15) is 0 Å². The van der Waals surface area contributed by atoms with Crippen molar-refractivity contribution in [1.29, 1.82) is 0 Å². The predicted molar refractivity (Wildman–Crippen MR) is 169 cm³/mol. The zero-order valence-electron chi connectivity index (χ0n) is 25.8. The minimum absolute atomic E-state index is 0. The van der Waals surface area contributed by atoms with Crippen LogP contribution in [0.2, 0.25) is 0 Å². The van der Waals surface area contributed by atoms with Gasteiger partial charge in [0.05, 0.1) is 32.3 Å². The van der Waals surface area contributed by atoms with Crippen LogP contribution in [0.15, 0.2) is 18.2 Å². The number of nitrogens with zero attached hydrogens (tertiary/aromatic N) is 1. The Morgan fingerprint density at radius 1 is 0.950 bits per heavy atom. The van der Waals surface area contributed by atoms with Gasteiger partial charge in [-0.15, -0.1) is 24.8 Å². The summed E-state index contributed by atoms with van der Waals surface area (Å²) in [5.74, 6) is 2.40. The van der Waals surface area contributed by atoms with E-state index in [0.29, 0.717) is 31.6 Å². The molecule has 0 saturated carbocycles. The third kappa shape index (κ3) is 12.3. The molecule has 9 heteroatoms. The maximum Gasteiger partial charge on any atom is 0.226 e. The summed E-state index contributed by atoms with van der Waals surface area (Å²) in [5, 5.41) is 3.29. The highest BCUT2D eigenvalue weighted by Crippen LogP contribution is 2.41. The summed E-state index contributed by atoms with van der Waals surface area (Å²) in [6.07, 6.45) is 7.29. The highest BCUT2D eigenvalue weighted by atomic mass is 35.5. The second-order valence-electron chi connectivity index (χ2n) is 11.2. The number of aryl methyl sites for hydroxylation is 1. The number of ether oxygens (including phenoxy) is 4. The number of carbonyl (C=O) groups is 1. The fourth-order valence-corrected chi connectivity index (χ4v) is 5.67. The van der Waals surface area contributed by atoms with Crippen LogP contribution in [0.1, 0.15) is 71.8 Å². The van der Waals surface area contributed by atoms with Crippen LogP contribution < -0.4 is 14.8 Å². The monoisotopic (exact) mass is 606 g/mol.